The average molecular weight is 937 g/mol. The third-order valence-corrected chi connectivity index (χ3v) is 13.2. The number of fused-ring (bicyclic) bond motifs is 6. The number of cyclic esters (lactones) is 1. The summed E-state index contributed by atoms with van der Waals surface area (Å²) in [6.07, 6.45) is 0.968. The van der Waals surface area contributed by atoms with Crippen molar-refractivity contribution >= 4 is 40.5 Å². The smallest absolute Gasteiger partial charge is 0.324 e. The maximum Gasteiger partial charge on any atom is 0.324 e. The van der Waals surface area contributed by atoms with Crippen molar-refractivity contribution in [1.82, 2.24) is 40.1 Å². The van der Waals surface area contributed by atoms with Crippen molar-refractivity contribution in [2.24, 2.45) is 11.3 Å². The van der Waals surface area contributed by atoms with E-state index < -0.39 is 53.5 Å². The number of hydrogen-bond acceptors (Lipinski definition) is 10. The molecule has 0 spiro atoms. The number of hydrazine groups is 1. The summed E-state index contributed by atoms with van der Waals surface area (Å²) in [4.78, 5) is 81.7. The Morgan fingerprint density at radius 3 is 2.57 bits per heavy atom. The van der Waals surface area contributed by atoms with E-state index in [0.717, 1.165) is 33.4 Å². The van der Waals surface area contributed by atoms with Crippen LogP contribution in [-0.2, 0) is 52.8 Å². The van der Waals surface area contributed by atoms with Crippen LogP contribution in [0.4, 0.5) is 8.78 Å². The molecule has 68 heavy (non-hydrogen) atoms. The van der Waals surface area contributed by atoms with Crippen molar-refractivity contribution in [3.63, 3.8) is 0 Å². The van der Waals surface area contributed by atoms with Crippen molar-refractivity contribution in [3.05, 3.63) is 95.1 Å². The van der Waals surface area contributed by atoms with Crippen molar-refractivity contribution in [1.29, 1.82) is 0 Å². The molecule has 362 valence electrons. The molecule has 3 aliphatic heterocycles. The fourth-order valence-electron chi connectivity index (χ4n) is 9.67. The SMILES string of the molecule is C=CC(=O)N1CC[C@H](C(=O)N(C)C(C(=O)N[C@H]2Cc3cc(C(F)F)cc(n3)-c3ccc4c(c3)c(c(-c3cccnc3[C@H](C)OC)n4CC)CC(C)(C)COC(=O)[C@@H]3CCCN(N3)C2=O)=C(C)C)C1. The summed E-state index contributed by atoms with van der Waals surface area (Å²) in [5, 5.41) is 4.93. The van der Waals surface area contributed by atoms with Gasteiger partial charge in [-0.25, -0.2) is 14.2 Å². The van der Waals surface area contributed by atoms with Gasteiger partial charge in [0.1, 0.15) is 17.8 Å². The van der Waals surface area contributed by atoms with Crippen LogP contribution in [0, 0.1) is 11.3 Å². The lowest BCUT2D eigenvalue weighted by molar-refractivity contribution is -0.155. The Bertz CT molecular complexity index is 2660. The minimum absolute atomic E-state index is 0.0148. The van der Waals surface area contributed by atoms with Crippen LogP contribution in [0.1, 0.15) is 95.8 Å². The van der Waals surface area contributed by atoms with E-state index in [1.54, 1.807) is 27.2 Å². The number of allylic oxidation sites excluding steroid dienone is 1. The predicted molar refractivity (Wildman–Crippen MR) is 252 cm³/mol. The molecule has 6 bridgehead atoms. The Morgan fingerprint density at radius 2 is 1.88 bits per heavy atom. The number of rotatable bonds is 10. The summed E-state index contributed by atoms with van der Waals surface area (Å²) in [5.74, 6) is -3.23. The number of carbonyl (C=O) groups is 5. The van der Waals surface area contributed by atoms with Gasteiger partial charge in [0.05, 0.1) is 35.7 Å². The first-order valence-corrected chi connectivity index (χ1v) is 23.2. The molecule has 2 saturated heterocycles. The van der Waals surface area contributed by atoms with Crippen LogP contribution >= 0.6 is 0 Å². The van der Waals surface area contributed by atoms with E-state index in [0.29, 0.717) is 49.9 Å². The van der Waals surface area contributed by atoms with Crippen LogP contribution in [0.15, 0.2) is 72.6 Å². The lowest BCUT2D eigenvalue weighted by atomic mass is 9.84. The minimum atomic E-state index is -2.91. The molecule has 4 aromatic rings. The summed E-state index contributed by atoms with van der Waals surface area (Å²) in [7, 11) is 3.10. The quantitative estimate of drug-likeness (QED) is 0.127. The van der Waals surface area contributed by atoms with Crippen LogP contribution in [0.3, 0.4) is 0 Å². The highest BCUT2D eigenvalue weighted by atomic mass is 19.3. The summed E-state index contributed by atoms with van der Waals surface area (Å²) < 4.78 is 43.9. The number of carbonyl (C=O) groups excluding carboxylic acids is 5. The number of nitrogens with one attached hydrogen (secondary N) is 2. The number of pyridine rings is 2. The Kier molecular flexibility index (Phi) is 14.9. The first kappa shape index (κ1) is 49.6. The normalized spacial score (nSPS) is 20.1. The van der Waals surface area contributed by atoms with E-state index >= 15 is 0 Å². The number of methoxy groups -OCH3 is 1. The zero-order valence-electron chi connectivity index (χ0n) is 40.2. The van der Waals surface area contributed by atoms with Gasteiger partial charge in [0.25, 0.3) is 18.2 Å². The highest BCUT2D eigenvalue weighted by molar-refractivity contribution is 6.01. The van der Waals surface area contributed by atoms with Crippen molar-refractivity contribution < 1.29 is 42.2 Å². The predicted octanol–water partition coefficient (Wildman–Crippen LogP) is 6.87. The van der Waals surface area contributed by atoms with Gasteiger partial charge in [-0.15, -0.1) is 0 Å². The molecule has 3 aromatic heterocycles. The highest BCUT2D eigenvalue weighted by Crippen LogP contribution is 2.42. The van der Waals surface area contributed by atoms with E-state index in [4.69, 9.17) is 19.4 Å². The van der Waals surface area contributed by atoms with E-state index in [2.05, 4.69) is 28.8 Å². The number of ether oxygens (including phenoxy) is 2. The monoisotopic (exact) mass is 936 g/mol. The van der Waals surface area contributed by atoms with Gasteiger partial charge >= 0.3 is 5.97 Å². The molecule has 0 radical (unpaired) electrons. The number of hydrogen-bond donors (Lipinski definition) is 2. The maximum absolute atomic E-state index is 14.9. The molecule has 0 aliphatic carbocycles. The van der Waals surface area contributed by atoms with Gasteiger partial charge < -0.3 is 29.2 Å². The van der Waals surface area contributed by atoms with E-state index in [9.17, 15) is 32.8 Å². The molecule has 4 atom stereocenters. The number of likely N-dealkylation sites (tertiary alicyclic amines) is 1. The summed E-state index contributed by atoms with van der Waals surface area (Å²) in [5.41, 5.74) is 7.77. The van der Waals surface area contributed by atoms with Gasteiger partial charge in [0.2, 0.25) is 11.8 Å². The Labute approximate surface area is 395 Å². The molecule has 3 aliphatic rings. The first-order valence-electron chi connectivity index (χ1n) is 23.2. The summed E-state index contributed by atoms with van der Waals surface area (Å²) in [6, 6.07) is 9.88. The van der Waals surface area contributed by atoms with Crippen LogP contribution in [-0.4, -0.2) is 111 Å². The minimum Gasteiger partial charge on any atom is -0.464 e. The fraction of sp³-hybridized carbons (Fsp3) is 0.471. The Balaban J connectivity index is 1.35. The molecule has 6 heterocycles. The molecule has 4 amide bonds. The lowest BCUT2D eigenvalue weighted by Crippen LogP contribution is -2.61. The maximum atomic E-state index is 14.9. The molecular formula is C51H62F2N8O7. The van der Waals surface area contributed by atoms with Crippen LogP contribution in [0.2, 0.25) is 0 Å². The lowest BCUT2D eigenvalue weighted by Gasteiger charge is -2.36. The van der Waals surface area contributed by atoms with E-state index in [1.807, 2.05) is 51.1 Å². The number of nitrogens with zero attached hydrogens (tertiary/aromatic N) is 6. The molecule has 15 nitrogen and oxygen atoms in total. The standard InChI is InChI=1S/C51H62F2N8O7/c1-10-42(62)59-21-18-32(27-59)48(64)58(8)44(29(3)4)47(63)56-40-25-34-22-33(46(52)53)24-39(55-34)31-16-17-41-36(23-31)37(45(60(41)11-2)35-14-12-19-54-43(35)30(5)67-9)26-51(6,7)28-68-50(66)38-15-13-20-61(57-38)49(40)65/h10,12,14,16-17,19,22-24,30,32,38,40,46,57H,1,11,13,15,18,20-21,25-28H2,2-9H3,(H,56,63)/t30-,32-,38-,40-/m0/s1. The molecule has 0 saturated carbocycles. The fourth-order valence-corrected chi connectivity index (χ4v) is 9.67. The third-order valence-electron chi connectivity index (χ3n) is 13.2. The summed E-state index contributed by atoms with van der Waals surface area (Å²) >= 11 is 0. The van der Waals surface area contributed by atoms with Crippen LogP contribution in [0.5, 0.6) is 0 Å². The number of halogens is 2. The van der Waals surface area contributed by atoms with Crippen molar-refractivity contribution in [2.45, 2.75) is 105 Å². The second-order valence-corrected chi connectivity index (χ2v) is 18.9. The number of benzene rings is 1. The van der Waals surface area contributed by atoms with Crippen LogP contribution in [0.25, 0.3) is 33.4 Å². The Hall–Kier alpha value is -6.33. The molecule has 7 rings (SSSR count). The van der Waals surface area contributed by atoms with Gasteiger partial charge in [-0.2, -0.15) is 0 Å². The zero-order chi connectivity index (χ0) is 49.2. The number of amides is 4. The van der Waals surface area contributed by atoms with Gasteiger partial charge in [0, 0.05) is 91.7 Å². The third kappa shape index (κ3) is 10.2. The number of likely N-dealkylation sites (N-methyl/N-ethyl adjacent to an activating group) is 1. The van der Waals surface area contributed by atoms with E-state index in [1.165, 1.54) is 40.1 Å². The van der Waals surface area contributed by atoms with Crippen LogP contribution < -0.4 is 10.7 Å². The van der Waals surface area contributed by atoms with E-state index in [-0.39, 0.29) is 60.8 Å². The topological polar surface area (TPSA) is 168 Å². The first-order chi connectivity index (χ1) is 32.4. The molecule has 17 heteroatoms. The number of esters is 1. The molecule has 2 N–H and O–H groups in total. The second kappa shape index (κ2) is 20.5. The molecule has 1 aromatic carbocycles. The number of aryl methyl sites for hydroxylation is 1. The zero-order valence-corrected chi connectivity index (χ0v) is 40.2. The second-order valence-electron chi connectivity index (χ2n) is 18.9. The Morgan fingerprint density at radius 1 is 1.12 bits per heavy atom. The van der Waals surface area contributed by atoms with Gasteiger partial charge in [-0.3, -0.25) is 38.9 Å². The number of aromatic nitrogens is 3. The van der Waals surface area contributed by atoms with Crippen molar-refractivity contribution in [3.8, 4) is 22.5 Å². The number of alkyl halides is 2. The highest BCUT2D eigenvalue weighted by Gasteiger charge is 2.38. The molecular weight excluding hydrogens is 875 g/mol. The van der Waals surface area contributed by atoms with Gasteiger partial charge in [-0.1, -0.05) is 26.5 Å². The molecule has 0 unspecified atom stereocenters. The average Bonchev–Trinajstić information content (AvgIpc) is 3.94. The molecule has 2 fully saturated rings. The summed E-state index contributed by atoms with van der Waals surface area (Å²) in [6.45, 7) is 16.2. The van der Waals surface area contributed by atoms with Gasteiger partial charge in [-0.05, 0) is 107 Å². The van der Waals surface area contributed by atoms with Gasteiger partial charge in [0.15, 0.2) is 0 Å². The largest absolute Gasteiger partial charge is 0.464 e. The van der Waals surface area contributed by atoms with Crippen molar-refractivity contribution in [2.75, 3.05) is 40.4 Å².